The van der Waals surface area contributed by atoms with Gasteiger partial charge in [-0.2, -0.15) is 4.98 Å². The van der Waals surface area contributed by atoms with Crippen molar-refractivity contribution in [1.82, 2.24) is 30.3 Å². The fraction of sp³-hybridized carbons (Fsp3) is 0.562. The van der Waals surface area contributed by atoms with Crippen LogP contribution in [-0.2, 0) is 4.74 Å². The molecule has 15 heteroatoms. The van der Waals surface area contributed by atoms with E-state index in [9.17, 15) is 22.8 Å². The van der Waals surface area contributed by atoms with Crippen molar-refractivity contribution >= 4 is 23.8 Å². The number of alkyl carbamates (subject to hydrolysis) is 1. The molecule has 0 saturated carbocycles. The van der Waals surface area contributed by atoms with Gasteiger partial charge in [0.1, 0.15) is 22.9 Å². The number of ether oxygens (including phenoxy) is 1. The maximum absolute atomic E-state index is 14.9. The maximum atomic E-state index is 14.9. The van der Waals surface area contributed by atoms with Gasteiger partial charge in [0.05, 0.1) is 18.4 Å². The highest BCUT2D eigenvalue weighted by Gasteiger charge is 2.39. The third-order valence-electron chi connectivity index (χ3n) is 8.37. The SMILES string of the molecule is CCN(C(=O)c1cnc(N2C[C@H](NC(=O)OC(C)(C)C)[C@@H](c3cc(F)c(F)cc3F)C2)cn1)C1CCN(c2nc(C(C)C)no2)CC1. The fourth-order valence-electron chi connectivity index (χ4n) is 6.00. The Kier molecular flexibility index (Phi) is 9.92. The van der Waals surface area contributed by atoms with Crippen molar-refractivity contribution in [2.24, 2.45) is 0 Å². The molecule has 0 aliphatic carbocycles. The minimum atomic E-state index is -1.30. The van der Waals surface area contributed by atoms with Crippen LogP contribution in [0, 0.1) is 17.5 Å². The first-order valence-corrected chi connectivity index (χ1v) is 15.8. The zero-order valence-electron chi connectivity index (χ0n) is 27.5. The highest BCUT2D eigenvalue weighted by Crippen LogP contribution is 2.33. The molecule has 0 unspecified atom stereocenters. The van der Waals surface area contributed by atoms with E-state index >= 15 is 0 Å². The summed E-state index contributed by atoms with van der Waals surface area (Å²) in [6.07, 6.45) is 3.54. The van der Waals surface area contributed by atoms with E-state index in [1.54, 1.807) is 30.6 Å². The summed E-state index contributed by atoms with van der Waals surface area (Å²) in [4.78, 5) is 45.1. The second kappa shape index (κ2) is 13.7. The molecule has 3 aromatic rings. The van der Waals surface area contributed by atoms with Gasteiger partial charge in [0.2, 0.25) is 0 Å². The number of carbonyl (C=O) groups excluding carboxylic acids is 2. The summed E-state index contributed by atoms with van der Waals surface area (Å²) in [5, 5.41) is 6.79. The molecular weight excluding hydrogens is 617 g/mol. The van der Waals surface area contributed by atoms with Gasteiger partial charge < -0.3 is 29.3 Å². The van der Waals surface area contributed by atoms with Crippen LogP contribution in [0.2, 0.25) is 0 Å². The Balaban J connectivity index is 1.27. The van der Waals surface area contributed by atoms with E-state index in [1.807, 2.05) is 25.7 Å². The van der Waals surface area contributed by atoms with Gasteiger partial charge in [0.25, 0.3) is 5.91 Å². The molecule has 2 aliphatic heterocycles. The molecular formula is C32H41F3N8O4. The number of amides is 2. The van der Waals surface area contributed by atoms with Gasteiger partial charge in [0.15, 0.2) is 17.5 Å². The lowest BCUT2D eigenvalue weighted by molar-refractivity contribution is 0.0504. The summed E-state index contributed by atoms with van der Waals surface area (Å²) in [6, 6.07) is 1.06. The summed E-state index contributed by atoms with van der Waals surface area (Å²) in [7, 11) is 0. The van der Waals surface area contributed by atoms with Crippen LogP contribution in [0.4, 0.5) is 29.8 Å². The van der Waals surface area contributed by atoms with E-state index in [-0.39, 0.29) is 42.2 Å². The lowest BCUT2D eigenvalue weighted by atomic mass is 9.93. The van der Waals surface area contributed by atoms with Crippen LogP contribution in [-0.4, -0.2) is 87.4 Å². The van der Waals surface area contributed by atoms with Gasteiger partial charge in [-0.15, -0.1) is 0 Å². The summed E-state index contributed by atoms with van der Waals surface area (Å²) >= 11 is 0. The Morgan fingerprint density at radius 2 is 1.74 bits per heavy atom. The Bertz CT molecular complexity index is 1570. The number of hydrogen-bond donors (Lipinski definition) is 1. The van der Waals surface area contributed by atoms with Crippen molar-refractivity contribution < 1.29 is 32.0 Å². The van der Waals surface area contributed by atoms with Crippen molar-refractivity contribution in [2.45, 2.75) is 83.9 Å². The van der Waals surface area contributed by atoms with E-state index in [0.29, 0.717) is 56.2 Å². The molecule has 2 fully saturated rings. The summed E-state index contributed by atoms with van der Waals surface area (Å²) < 4.78 is 53.6. The first kappa shape index (κ1) is 33.9. The lowest BCUT2D eigenvalue weighted by Crippen LogP contribution is -2.47. The van der Waals surface area contributed by atoms with Crippen molar-refractivity contribution in [3.8, 4) is 0 Å². The number of halogens is 3. The van der Waals surface area contributed by atoms with E-state index in [1.165, 1.54) is 12.4 Å². The average Bonchev–Trinajstić information content (AvgIpc) is 3.67. The number of rotatable bonds is 8. The summed E-state index contributed by atoms with van der Waals surface area (Å²) in [5.74, 6) is -3.24. The Hall–Kier alpha value is -4.43. The van der Waals surface area contributed by atoms with Crippen molar-refractivity contribution in [3.05, 3.63) is 59.1 Å². The fourth-order valence-corrected chi connectivity index (χ4v) is 6.00. The van der Waals surface area contributed by atoms with Crippen LogP contribution >= 0.6 is 0 Å². The van der Waals surface area contributed by atoms with Crippen LogP contribution in [0.5, 0.6) is 0 Å². The number of benzene rings is 1. The third kappa shape index (κ3) is 7.76. The molecule has 12 nitrogen and oxygen atoms in total. The molecule has 2 aromatic heterocycles. The highest BCUT2D eigenvalue weighted by molar-refractivity contribution is 5.92. The minimum absolute atomic E-state index is 0.0113. The zero-order chi connectivity index (χ0) is 34.0. The highest BCUT2D eigenvalue weighted by atomic mass is 19.2. The van der Waals surface area contributed by atoms with Crippen LogP contribution in [0.25, 0.3) is 0 Å². The molecule has 2 amide bonds. The average molecular weight is 659 g/mol. The zero-order valence-corrected chi connectivity index (χ0v) is 27.5. The third-order valence-corrected chi connectivity index (χ3v) is 8.37. The van der Waals surface area contributed by atoms with E-state index in [4.69, 9.17) is 9.26 Å². The first-order chi connectivity index (χ1) is 22.2. The van der Waals surface area contributed by atoms with Crippen molar-refractivity contribution in [3.63, 3.8) is 0 Å². The number of carbonyl (C=O) groups is 2. The lowest BCUT2D eigenvalue weighted by Gasteiger charge is -2.37. The molecule has 5 rings (SSSR count). The molecule has 254 valence electrons. The van der Waals surface area contributed by atoms with Crippen molar-refractivity contribution in [2.75, 3.05) is 42.5 Å². The van der Waals surface area contributed by atoms with Crippen LogP contribution < -0.4 is 15.1 Å². The molecule has 2 aliphatic rings. The van der Waals surface area contributed by atoms with Gasteiger partial charge in [-0.3, -0.25) is 4.79 Å². The van der Waals surface area contributed by atoms with Crippen molar-refractivity contribution in [1.29, 1.82) is 0 Å². The second-order valence-corrected chi connectivity index (χ2v) is 13.2. The molecule has 2 saturated heterocycles. The molecule has 2 atom stereocenters. The Labute approximate surface area is 271 Å². The summed E-state index contributed by atoms with van der Waals surface area (Å²) in [5.41, 5.74) is -0.702. The predicted molar refractivity (Wildman–Crippen MR) is 167 cm³/mol. The van der Waals surface area contributed by atoms with Gasteiger partial charge in [-0.05, 0) is 52.2 Å². The monoisotopic (exact) mass is 658 g/mol. The van der Waals surface area contributed by atoms with Crippen LogP contribution in [0.1, 0.15) is 88.1 Å². The number of anilines is 2. The molecule has 0 radical (unpaired) electrons. The number of hydrogen-bond acceptors (Lipinski definition) is 10. The second-order valence-electron chi connectivity index (χ2n) is 13.2. The number of piperidine rings is 1. The van der Waals surface area contributed by atoms with Gasteiger partial charge >= 0.3 is 12.1 Å². The molecule has 0 bridgehead atoms. The van der Waals surface area contributed by atoms with Crippen LogP contribution in [0.15, 0.2) is 29.0 Å². The number of nitrogens with one attached hydrogen (secondary N) is 1. The predicted octanol–water partition coefficient (Wildman–Crippen LogP) is 5.03. The normalized spacial score (nSPS) is 18.9. The number of aromatic nitrogens is 4. The van der Waals surface area contributed by atoms with E-state index in [2.05, 4.69) is 25.4 Å². The molecule has 1 N–H and O–H groups in total. The topological polar surface area (TPSA) is 130 Å². The minimum Gasteiger partial charge on any atom is -0.444 e. The maximum Gasteiger partial charge on any atom is 0.407 e. The smallest absolute Gasteiger partial charge is 0.407 e. The van der Waals surface area contributed by atoms with Gasteiger partial charge in [-0.1, -0.05) is 19.0 Å². The van der Waals surface area contributed by atoms with E-state index in [0.717, 1.165) is 6.07 Å². The number of nitrogens with zero attached hydrogens (tertiary/aromatic N) is 7. The van der Waals surface area contributed by atoms with Gasteiger partial charge in [0, 0.05) is 56.7 Å². The molecule has 4 heterocycles. The quantitative estimate of drug-likeness (QED) is 0.329. The molecule has 0 spiro atoms. The standard InChI is InChI=1S/C32H41F3N8O4/c1-7-43(19-8-10-41(11-9-19)30-39-28(18(2)3)40-47-30)29(44)25-14-37-27(15-36-25)42-16-21(20-12-23(34)24(35)13-22(20)33)26(17-42)38-31(45)46-32(4,5)6/h12-15,18-19,21,26H,7-11,16-17H2,1-6H3,(H,38,45)/t21-,26+/m1/s1. The largest absolute Gasteiger partial charge is 0.444 e. The van der Waals surface area contributed by atoms with Crippen LogP contribution in [0.3, 0.4) is 0 Å². The first-order valence-electron chi connectivity index (χ1n) is 15.8. The molecule has 1 aromatic carbocycles. The molecule has 47 heavy (non-hydrogen) atoms. The van der Waals surface area contributed by atoms with Gasteiger partial charge in [-0.25, -0.2) is 27.9 Å². The van der Waals surface area contributed by atoms with E-state index < -0.39 is 41.1 Å². The Morgan fingerprint density at radius 1 is 1.04 bits per heavy atom. The Morgan fingerprint density at radius 3 is 2.34 bits per heavy atom. The summed E-state index contributed by atoms with van der Waals surface area (Å²) in [6.45, 7) is 13.1.